The van der Waals surface area contributed by atoms with Gasteiger partial charge in [-0.3, -0.25) is 4.79 Å². The third-order valence-corrected chi connectivity index (χ3v) is 6.02. The van der Waals surface area contributed by atoms with Crippen LogP contribution in [0, 0.1) is 5.92 Å². The normalized spacial score (nSPS) is 21.8. The van der Waals surface area contributed by atoms with Crippen molar-refractivity contribution in [3.8, 4) is 11.5 Å². The average Bonchev–Trinajstić information content (AvgIpc) is 3.23. The van der Waals surface area contributed by atoms with Crippen molar-refractivity contribution in [1.82, 2.24) is 5.32 Å². The summed E-state index contributed by atoms with van der Waals surface area (Å²) in [6, 6.07) is 11.5. The first-order valence-corrected chi connectivity index (χ1v) is 10.3. The summed E-state index contributed by atoms with van der Waals surface area (Å²) >= 11 is 0. The van der Waals surface area contributed by atoms with E-state index in [2.05, 4.69) is 35.8 Å². The number of carbonyl (C=O) groups excluding carboxylic acids is 1. The number of phenols is 1. The number of hydrogen-bond acceptors (Lipinski definition) is 4. The van der Waals surface area contributed by atoms with Gasteiger partial charge in [-0.05, 0) is 48.1 Å². The van der Waals surface area contributed by atoms with E-state index >= 15 is 0 Å². The van der Waals surface area contributed by atoms with Gasteiger partial charge in [0.1, 0.15) is 0 Å². The van der Waals surface area contributed by atoms with Gasteiger partial charge in [0.15, 0.2) is 11.5 Å². The van der Waals surface area contributed by atoms with E-state index in [-0.39, 0.29) is 23.6 Å². The maximum atomic E-state index is 12.8. The molecule has 0 spiro atoms. The van der Waals surface area contributed by atoms with Crippen LogP contribution in [0.3, 0.4) is 0 Å². The largest absolute Gasteiger partial charge is 0.504 e. The van der Waals surface area contributed by atoms with Crippen LogP contribution < -0.4 is 15.4 Å². The van der Waals surface area contributed by atoms with Crippen molar-refractivity contribution in [2.24, 2.45) is 5.92 Å². The molecule has 3 atom stereocenters. The Kier molecular flexibility index (Phi) is 5.47. The Morgan fingerprint density at radius 3 is 2.93 bits per heavy atom. The molecule has 0 bridgehead atoms. The maximum absolute atomic E-state index is 12.8. The van der Waals surface area contributed by atoms with E-state index in [0.717, 1.165) is 30.5 Å². The summed E-state index contributed by atoms with van der Waals surface area (Å²) in [5, 5.41) is 17.0. The predicted molar refractivity (Wildman–Crippen MR) is 115 cm³/mol. The van der Waals surface area contributed by atoms with Crippen LogP contribution in [0.15, 0.2) is 48.6 Å². The molecule has 152 valence electrons. The number of nitrogens with one attached hydrogen (secondary N) is 2. The lowest BCUT2D eigenvalue weighted by atomic mass is 9.76. The van der Waals surface area contributed by atoms with Crippen LogP contribution >= 0.6 is 0 Å². The fraction of sp³-hybridized carbons (Fsp3) is 0.375. The van der Waals surface area contributed by atoms with Crippen molar-refractivity contribution in [3.05, 3.63) is 65.2 Å². The third kappa shape index (κ3) is 3.57. The number of fused-ring (bicyclic) bond motifs is 3. The van der Waals surface area contributed by atoms with Gasteiger partial charge in [0.05, 0.1) is 24.4 Å². The van der Waals surface area contributed by atoms with Crippen molar-refractivity contribution in [3.63, 3.8) is 0 Å². The Labute approximate surface area is 171 Å². The average molecular weight is 392 g/mol. The zero-order valence-corrected chi connectivity index (χ0v) is 16.9. The van der Waals surface area contributed by atoms with Crippen molar-refractivity contribution in [1.29, 1.82) is 0 Å². The number of ether oxygens (including phenoxy) is 1. The van der Waals surface area contributed by atoms with Crippen molar-refractivity contribution < 1.29 is 14.6 Å². The zero-order chi connectivity index (χ0) is 20.4. The number of hydrogen-bond donors (Lipinski definition) is 3. The molecule has 2 aromatic rings. The van der Waals surface area contributed by atoms with Gasteiger partial charge in [-0.15, -0.1) is 0 Å². The lowest BCUT2D eigenvalue weighted by Crippen LogP contribution is -2.32. The SMILES string of the molecule is CCCCNC(=O)c1cccc2c1NC(c1ccc(OC)c(O)c1)C1CC=CC21. The van der Waals surface area contributed by atoms with Crippen molar-refractivity contribution in [2.75, 3.05) is 19.0 Å². The standard InChI is InChI=1S/C24H28N2O3/c1-3-4-13-25-24(28)19-10-6-9-18-16-7-5-8-17(16)22(26-23(18)19)15-11-12-21(29-2)20(27)14-15/h5-7,9-12,14,16-17,22,26-27H,3-4,8,13H2,1-2H3,(H,25,28). The van der Waals surface area contributed by atoms with Gasteiger partial charge < -0.3 is 20.5 Å². The number of phenolic OH excluding ortho intramolecular Hbond substituents is 1. The summed E-state index contributed by atoms with van der Waals surface area (Å²) in [6.45, 7) is 2.79. The van der Waals surface area contributed by atoms with Crippen LogP contribution in [0.1, 0.15) is 59.6 Å². The number of carbonyl (C=O) groups is 1. The summed E-state index contributed by atoms with van der Waals surface area (Å²) in [7, 11) is 1.55. The Hall–Kier alpha value is -2.95. The Balaban J connectivity index is 1.70. The second-order valence-corrected chi connectivity index (χ2v) is 7.79. The molecule has 4 rings (SSSR count). The van der Waals surface area contributed by atoms with Crippen molar-refractivity contribution in [2.45, 2.75) is 38.1 Å². The Morgan fingerprint density at radius 1 is 1.31 bits per heavy atom. The number of unbranched alkanes of at least 4 members (excludes halogenated alkanes) is 1. The molecule has 1 aliphatic carbocycles. The number of rotatable bonds is 6. The second-order valence-electron chi connectivity index (χ2n) is 7.79. The number of aromatic hydroxyl groups is 1. The van der Waals surface area contributed by atoms with Crippen LogP contribution in [0.5, 0.6) is 11.5 Å². The highest BCUT2D eigenvalue weighted by Gasteiger charge is 2.39. The van der Waals surface area contributed by atoms with Gasteiger partial charge in [-0.25, -0.2) is 0 Å². The van der Waals surface area contributed by atoms with Gasteiger partial charge in [0.2, 0.25) is 0 Å². The molecule has 29 heavy (non-hydrogen) atoms. The molecule has 0 fully saturated rings. The second kappa shape index (κ2) is 8.19. The lowest BCUT2D eigenvalue weighted by molar-refractivity contribution is 0.0953. The molecule has 3 N–H and O–H groups in total. The first-order valence-electron chi connectivity index (χ1n) is 10.3. The molecule has 5 heteroatoms. The van der Waals surface area contributed by atoms with Crippen molar-refractivity contribution >= 4 is 11.6 Å². The van der Waals surface area contributed by atoms with Crippen LogP contribution in [0.4, 0.5) is 5.69 Å². The predicted octanol–water partition coefficient (Wildman–Crippen LogP) is 4.76. The smallest absolute Gasteiger partial charge is 0.253 e. The van der Waals surface area contributed by atoms with E-state index in [1.807, 2.05) is 18.2 Å². The highest BCUT2D eigenvalue weighted by Crippen LogP contribution is 2.51. The number of methoxy groups -OCH3 is 1. The Morgan fingerprint density at radius 2 is 2.17 bits per heavy atom. The molecule has 1 aliphatic heterocycles. The minimum Gasteiger partial charge on any atom is -0.504 e. The minimum atomic E-state index is -0.0421. The molecule has 3 unspecified atom stereocenters. The van der Waals surface area contributed by atoms with Crippen LogP contribution in [0.2, 0.25) is 0 Å². The van der Waals surface area contributed by atoms with E-state index in [1.165, 1.54) is 5.56 Å². The van der Waals surface area contributed by atoms with Gasteiger partial charge in [-0.1, -0.05) is 43.7 Å². The number of para-hydroxylation sites is 1. The molecule has 0 saturated heterocycles. The molecule has 0 aromatic heterocycles. The first kappa shape index (κ1) is 19.4. The topological polar surface area (TPSA) is 70.6 Å². The molecule has 0 radical (unpaired) electrons. The molecular weight excluding hydrogens is 364 g/mol. The lowest BCUT2D eigenvalue weighted by Gasteiger charge is -2.38. The highest BCUT2D eigenvalue weighted by molar-refractivity contribution is 6.00. The van der Waals surface area contributed by atoms with Crippen LogP contribution in [-0.2, 0) is 0 Å². The van der Waals surface area contributed by atoms with E-state index in [1.54, 1.807) is 19.2 Å². The van der Waals surface area contributed by atoms with E-state index in [9.17, 15) is 9.90 Å². The number of allylic oxidation sites excluding steroid dienone is 2. The molecule has 0 saturated carbocycles. The van der Waals surface area contributed by atoms with Gasteiger partial charge in [0.25, 0.3) is 5.91 Å². The third-order valence-electron chi connectivity index (χ3n) is 6.02. The summed E-state index contributed by atoms with van der Waals surface area (Å²) in [4.78, 5) is 12.8. The fourth-order valence-corrected chi connectivity index (χ4v) is 4.52. The van der Waals surface area contributed by atoms with E-state index in [4.69, 9.17) is 4.74 Å². The van der Waals surface area contributed by atoms with Gasteiger partial charge >= 0.3 is 0 Å². The monoisotopic (exact) mass is 392 g/mol. The summed E-state index contributed by atoms with van der Waals surface area (Å²) in [5.74, 6) is 1.14. The minimum absolute atomic E-state index is 0.00361. The zero-order valence-electron chi connectivity index (χ0n) is 16.9. The molecule has 2 aliphatic rings. The summed E-state index contributed by atoms with van der Waals surface area (Å²) < 4.78 is 5.19. The summed E-state index contributed by atoms with van der Waals surface area (Å²) in [5.41, 5.74) is 3.74. The number of anilines is 1. The highest BCUT2D eigenvalue weighted by atomic mass is 16.5. The van der Waals surface area contributed by atoms with Gasteiger partial charge in [0, 0.05) is 12.5 Å². The van der Waals surface area contributed by atoms with E-state index in [0.29, 0.717) is 23.8 Å². The van der Waals surface area contributed by atoms with Gasteiger partial charge in [-0.2, -0.15) is 0 Å². The molecule has 2 aromatic carbocycles. The Bertz CT molecular complexity index is 938. The maximum Gasteiger partial charge on any atom is 0.253 e. The molecular formula is C24H28N2O3. The van der Waals surface area contributed by atoms with Crippen LogP contribution in [-0.4, -0.2) is 24.7 Å². The van der Waals surface area contributed by atoms with E-state index < -0.39 is 0 Å². The molecule has 1 amide bonds. The summed E-state index contributed by atoms with van der Waals surface area (Å²) in [6.07, 6.45) is 7.44. The number of benzene rings is 2. The quantitative estimate of drug-likeness (QED) is 0.490. The number of amides is 1. The molecule has 1 heterocycles. The first-order chi connectivity index (χ1) is 14.1. The fourth-order valence-electron chi connectivity index (χ4n) is 4.52. The van der Waals surface area contributed by atoms with Crippen LogP contribution in [0.25, 0.3) is 0 Å². The molecule has 5 nitrogen and oxygen atoms in total.